The molecule has 0 fully saturated rings. The molecule has 62 valence electrons. The van der Waals surface area contributed by atoms with Crippen LogP contribution in [0.25, 0.3) is 0 Å². The summed E-state index contributed by atoms with van der Waals surface area (Å²) in [6.07, 6.45) is 1.82. The average molecular weight is 172 g/mol. The van der Waals surface area contributed by atoms with Crippen molar-refractivity contribution in [1.29, 1.82) is 0 Å². The number of aromatic nitrogens is 1. The number of hydrogen-bond acceptors (Lipinski definition) is 4. The lowest BCUT2D eigenvalue weighted by Gasteiger charge is -2.07. The van der Waals surface area contributed by atoms with E-state index >= 15 is 0 Å². The van der Waals surface area contributed by atoms with Crippen LogP contribution in [-0.2, 0) is 0 Å². The van der Waals surface area contributed by atoms with Gasteiger partial charge in [0, 0.05) is 11.1 Å². The predicted molar refractivity (Wildman–Crippen MR) is 45.7 cm³/mol. The van der Waals surface area contributed by atoms with Crippen LogP contribution in [0.5, 0.6) is 0 Å². The molecule has 0 saturated carbocycles. The van der Waals surface area contributed by atoms with Crippen molar-refractivity contribution in [3.8, 4) is 0 Å². The zero-order valence-electron chi connectivity index (χ0n) is 6.66. The zero-order valence-corrected chi connectivity index (χ0v) is 7.48. The molecule has 0 aliphatic rings. The molecule has 3 nitrogen and oxygen atoms in total. The molecule has 1 aromatic heterocycles. The van der Waals surface area contributed by atoms with Crippen molar-refractivity contribution < 1.29 is 5.11 Å². The van der Waals surface area contributed by atoms with E-state index in [0.29, 0.717) is 0 Å². The van der Waals surface area contributed by atoms with Crippen LogP contribution in [0.2, 0.25) is 0 Å². The van der Waals surface area contributed by atoms with Crippen molar-refractivity contribution in [2.45, 2.75) is 13.0 Å². The molecule has 0 aliphatic carbocycles. The lowest BCUT2D eigenvalue weighted by atomic mass is 10.3. The summed E-state index contributed by atoms with van der Waals surface area (Å²) < 4.78 is 0. The Morgan fingerprint density at radius 3 is 2.91 bits per heavy atom. The lowest BCUT2D eigenvalue weighted by molar-refractivity contribution is 0.250. The second-order valence-electron chi connectivity index (χ2n) is 2.33. The third-order valence-electron chi connectivity index (χ3n) is 1.47. The Hall–Kier alpha value is -0.450. The minimum Gasteiger partial charge on any atom is -0.394 e. The minimum atomic E-state index is -0.00583. The molecule has 11 heavy (non-hydrogen) atoms. The molecule has 0 bridgehead atoms. The summed E-state index contributed by atoms with van der Waals surface area (Å²) in [4.78, 5) is 5.33. The van der Waals surface area contributed by atoms with Gasteiger partial charge < -0.3 is 10.4 Å². The lowest BCUT2D eigenvalue weighted by Crippen LogP contribution is -2.19. The molecule has 0 saturated heterocycles. The first-order valence-electron chi connectivity index (χ1n) is 3.48. The molecule has 1 unspecified atom stereocenters. The highest BCUT2D eigenvalue weighted by Gasteiger charge is 2.10. The van der Waals surface area contributed by atoms with E-state index in [9.17, 15) is 0 Å². The number of aliphatic hydroxyl groups is 1. The van der Waals surface area contributed by atoms with Crippen LogP contribution in [0.3, 0.4) is 0 Å². The fourth-order valence-electron chi connectivity index (χ4n) is 0.826. The number of hydrogen-bond donors (Lipinski definition) is 2. The molecule has 0 aliphatic heterocycles. The van der Waals surface area contributed by atoms with Crippen molar-refractivity contribution in [2.75, 3.05) is 13.7 Å². The van der Waals surface area contributed by atoms with Crippen molar-refractivity contribution in [2.24, 2.45) is 0 Å². The van der Waals surface area contributed by atoms with E-state index in [2.05, 4.69) is 10.3 Å². The molecular formula is C7H12N2OS. The summed E-state index contributed by atoms with van der Waals surface area (Å²) >= 11 is 1.61. The zero-order chi connectivity index (χ0) is 8.27. The van der Waals surface area contributed by atoms with Gasteiger partial charge in [0.05, 0.1) is 12.6 Å². The molecule has 0 aromatic carbocycles. The number of rotatable bonds is 3. The topological polar surface area (TPSA) is 45.1 Å². The molecular weight excluding hydrogens is 160 g/mol. The molecule has 0 radical (unpaired) electrons. The largest absolute Gasteiger partial charge is 0.394 e. The van der Waals surface area contributed by atoms with Crippen LogP contribution in [0, 0.1) is 6.92 Å². The molecule has 2 N–H and O–H groups in total. The van der Waals surface area contributed by atoms with Gasteiger partial charge in [-0.3, -0.25) is 0 Å². The smallest absolute Gasteiger partial charge is 0.112 e. The predicted octanol–water partition coefficient (Wildman–Crippen LogP) is 0.704. The highest BCUT2D eigenvalue weighted by atomic mass is 32.1. The van der Waals surface area contributed by atoms with Gasteiger partial charge in [0.25, 0.3) is 0 Å². The van der Waals surface area contributed by atoms with E-state index in [1.165, 1.54) is 4.88 Å². The Labute approximate surface area is 70.1 Å². The number of nitrogens with one attached hydrogen (secondary N) is 1. The van der Waals surface area contributed by atoms with E-state index in [0.717, 1.165) is 5.01 Å². The van der Waals surface area contributed by atoms with Gasteiger partial charge in [-0.2, -0.15) is 0 Å². The highest BCUT2D eigenvalue weighted by Crippen LogP contribution is 2.18. The van der Waals surface area contributed by atoms with Crippen LogP contribution < -0.4 is 5.32 Å². The fourth-order valence-corrected chi connectivity index (χ4v) is 1.70. The van der Waals surface area contributed by atoms with Crippen molar-refractivity contribution >= 4 is 11.3 Å². The highest BCUT2D eigenvalue weighted by molar-refractivity contribution is 7.11. The Morgan fingerprint density at radius 2 is 2.55 bits per heavy atom. The van der Waals surface area contributed by atoms with Gasteiger partial charge in [-0.1, -0.05) is 0 Å². The number of aryl methyl sites for hydroxylation is 1. The van der Waals surface area contributed by atoms with Crippen molar-refractivity contribution in [1.82, 2.24) is 10.3 Å². The Bertz CT molecular complexity index is 220. The second kappa shape index (κ2) is 3.80. The molecule has 1 rings (SSSR count). The van der Waals surface area contributed by atoms with Crippen molar-refractivity contribution in [3.05, 3.63) is 16.1 Å². The number of nitrogens with zero attached hydrogens (tertiary/aromatic N) is 1. The van der Waals surface area contributed by atoms with E-state index < -0.39 is 0 Å². The molecule has 0 spiro atoms. The van der Waals surface area contributed by atoms with Gasteiger partial charge in [-0.15, -0.1) is 11.3 Å². The summed E-state index contributed by atoms with van der Waals surface area (Å²) in [5.74, 6) is 0. The number of aliphatic hydroxyl groups excluding tert-OH is 1. The third kappa shape index (κ3) is 1.99. The maximum atomic E-state index is 8.89. The SMILES string of the molecule is CNC(CO)c1ncc(C)s1. The average Bonchev–Trinajstić information content (AvgIpc) is 2.39. The Kier molecular flexibility index (Phi) is 2.99. The standard InChI is InChI=1S/C7H12N2OS/c1-5-3-9-7(11-5)6(4-10)8-2/h3,6,8,10H,4H2,1-2H3. The summed E-state index contributed by atoms with van der Waals surface area (Å²) in [5.41, 5.74) is 0. The van der Waals surface area contributed by atoms with Crippen LogP contribution in [-0.4, -0.2) is 23.7 Å². The maximum absolute atomic E-state index is 8.89. The molecule has 1 atom stereocenters. The minimum absolute atomic E-state index is 0.00583. The van der Waals surface area contributed by atoms with Gasteiger partial charge in [0.15, 0.2) is 0 Å². The number of likely N-dealkylation sites (N-methyl/N-ethyl adjacent to an activating group) is 1. The Morgan fingerprint density at radius 1 is 1.82 bits per heavy atom. The van der Waals surface area contributed by atoms with Gasteiger partial charge >= 0.3 is 0 Å². The first kappa shape index (κ1) is 8.64. The normalized spacial score (nSPS) is 13.4. The maximum Gasteiger partial charge on any atom is 0.112 e. The van der Waals surface area contributed by atoms with Gasteiger partial charge in [-0.05, 0) is 14.0 Å². The van der Waals surface area contributed by atoms with Gasteiger partial charge in [-0.25, -0.2) is 4.98 Å². The molecule has 0 amide bonds. The molecule has 1 heterocycles. The number of thiazole rings is 1. The van der Waals surface area contributed by atoms with Crippen LogP contribution in [0.4, 0.5) is 0 Å². The van der Waals surface area contributed by atoms with E-state index in [1.54, 1.807) is 11.3 Å². The monoisotopic (exact) mass is 172 g/mol. The second-order valence-corrected chi connectivity index (χ2v) is 3.60. The first-order chi connectivity index (χ1) is 5.27. The summed E-state index contributed by atoms with van der Waals surface area (Å²) in [6.45, 7) is 2.11. The summed E-state index contributed by atoms with van der Waals surface area (Å²) in [7, 11) is 1.82. The van der Waals surface area contributed by atoms with E-state index in [1.807, 2.05) is 20.2 Å². The quantitative estimate of drug-likeness (QED) is 0.705. The van der Waals surface area contributed by atoms with E-state index in [-0.39, 0.29) is 12.6 Å². The summed E-state index contributed by atoms with van der Waals surface area (Å²) in [6, 6.07) is -0.00583. The van der Waals surface area contributed by atoms with Gasteiger partial charge in [0.2, 0.25) is 0 Å². The first-order valence-corrected chi connectivity index (χ1v) is 4.30. The van der Waals surface area contributed by atoms with Gasteiger partial charge in [0.1, 0.15) is 5.01 Å². The third-order valence-corrected chi connectivity index (χ3v) is 2.49. The fraction of sp³-hybridized carbons (Fsp3) is 0.571. The van der Waals surface area contributed by atoms with Crippen LogP contribution >= 0.6 is 11.3 Å². The molecule has 1 aromatic rings. The molecule has 4 heteroatoms. The summed E-state index contributed by atoms with van der Waals surface area (Å²) in [5, 5.41) is 12.8. The van der Waals surface area contributed by atoms with E-state index in [4.69, 9.17) is 5.11 Å². The Balaban J connectivity index is 2.73. The van der Waals surface area contributed by atoms with Crippen LogP contribution in [0.1, 0.15) is 15.9 Å². The van der Waals surface area contributed by atoms with Crippen LogP contribution in [0.15, 0.2) is 6.20 Å². The van der Waals surface area contributed by atoms with Crippen molar-refractivity contribution in [3.63, 3.8) is 0 Å².